The van der Waals surface area contributed by atoms with Crippen molar-refractivity contribution in [3.63, 3.8) is 0 Å². The van der Waals surface area contributed by atoms with Gasteiger partial charge in [-0.1, -0.05) is 0 Å². The van der Waals surface area contributed by atoms with Crippen LogP contribution < -0.4 is 0 Å². The number of nitro benzene ring substituents is 1. The number of ketones is 1. The van der Waals surface area contributed by atoms with E-state index in [1.807, 2.05) is 0 Å². The molecule has 0 unspecified atom stereocenters. The van der Waals surface area contributed by atoms with Gasteiger partial charge in [-0.3, -0.25) is 14.9 Å². The third-order valence-electron chi connectivity index (χ3n) is 1.92. The lowest BCUT2D eigenvalue weighted by Gasteiger charge is -2.08. The maximum Gasteiger partial charge on any atom is 0.271 e. The SMILES string of the molecule is CC(=O)c1cc([N+](=O)[O-])cc(I)c1C(F)F. The smallest absolute Gasteiger partial charge is 0.271 e. The minimum atomic E-state index is -2.83. The minimum Gasteiger partial charge on any atom is -0.294 e. The van der Waals surface area contributed by atoms with Crippen LogP contribution in [0.15, 0.2) is 12.1 Å². The van der Waals surface area contributed by atoms with E-state index < -0.39 is 22.7 Å². The van der Waals surface area contributed by atoms with Crippen molar-refractivity contribution in [2.75, 3.05) is 0 Å². The highest BCUT2D eigenvalue weighted by molar-refractivity contribution is 14.1. The summed E-state index contributed by atoms with van der Waals surface area (Å²) in [6.07, 6.45) is -2.83. The molecule has 0 bridgehead atoms. The number of hydrogen-bond donors (Lipinski definition) is 0. The minimum absolute atomic E-state index is 0.0204. The number of carbonyl (C=O) groups is 1. The molecule has 0 radical (unpaired) electrons. The van der Waals surface area contributed by atoms with Crippen LogP contribution in [0.25, 0.3) is 0 Å². The fourth-order valence-electron chi connectivity index (χ4n) is 1.22. The van der Waals surface area contributed by atoms with Crippen LogP contribution in [-0.2, 0) is 0 Å². The Labute approximate surface area is 103 Å². The molecular formula is C9H6F2INO3. The van der Waals surface area contributed by atoms with Gasteiger partial charge in [-0.25, -0.2) is 8.78 Å². The zero-order chi connectivity index (χ0) is 12.5. The van der Waals surface area contributed by atoms with Crippen molar-refractivity contribution in [2.45, 2.75) is 13.3 Å². The monoisotopic (exact) mass is 341 g/mol. The molecule has 86 valence electrons. The van der Waals surface area contributed by atoms with E-state index in [1.54, 1.807) is 22.6 Å². The summed E-state index contributed by atoms with van der Waals surface area (Å²) in [6.45, 7) is 1.10. The fourth-order valence-corrected chi connectivity index (χ4v) is 2.07. The van der Waals surface area contributed by atoms with Gasteiger partial charge in [0.05, 0.1) is 4.92 Å². The Kier molecular flexibility index (Phi) is 3.89. The predicted octanol–water partition coefficient (Wildman–Crippen LogP) is 3.34. The van der Waals surface area contributed by atoms with E-state index >= 15 is 0 Å². The lowest BCUT2D eigenvalue weighted by Crippen LogP contribution is -2.04. The van der Waals surface area contributed by atoms with Crippen molar-refractivity contribution >= 4 is 34.1 Å². The van der Waals surface area contributed by atoms with E-state index in [0.29, 0.717) is 0 Å². The van der Waals surface area contributed by atoms with Gasteiger partial charge in [-0.05, 0) is 29.5 Å². The summed E-state index contributed by atoms with van der Waals surface area (Å²) in [7, 11) is 0. The van der Waals surface area contributed by atoms with Crippen molar-refractivity contribution in [1.82, 2.24) is 0 Å². The molecule has 0 aliphatic rings. The summed E-state index contributed by atoms with van der Waals surface area (Å²) in [5, 5.41) is 10.5. The Morgan fingerprint density at radius 3 is 2.44 bits per heavy atom. The Morgan fingerprint density at radius 1 is 1.50 bits per heavy atom. The van der Waals surface area contributed by atoms with Crippen molar-refractivity contribution in [2.24, 2.45) is 0 Å². The van der Waals surface area contributed by atoms with E-state index in [0.717, 1.165) is 19.1 Å². The molecule has 0 aromatic heterocycles. The van der Waals surface area contributed by atoms with Crippen LogP contribution in [0.1, 0.15) is 29.3 Å². The molecule has 1 aromatic carbocycles. The summed E-state index contributed by atoms with van der Waals surface area (Å²) in [4.78, 5) is 20.9. The predicted molar refractivity (Wildman–Crippen MR) is 60.8 cm³/mol. The van der Waals surface area contributed by atoms with Crippen LogP contribution in [-0.4, -0.2) is 10.7 Å². The summed E-state index contributed by atoms with van der Waals surface area (Å²) in [5.74, 6) is -0.614. The highest BCUT2D eigenvalue weighted by atomic mass is 127. The van der Waals surface area contributed by atoms with E-state index in [-0.39, 0.29) is 14.8 Å². The molecule has 1 aromatic rings. The van der Waals surface area contributed by atoms with E-state index in [1.165, 1.54) is 0 Å². The average Bonchev–Trinajstić information content (AvgIpc) is 2.15. The first-order chi connectivity index (χ1) is 7.34. The van der Waals surface area contributed by atoms with Gasteiger partial charge >= 0.3 is 0 Å². The van der Waals surface area contributed by atoms with Gasteiger partial charge in [0, 0.05) is 26.8 Å². The molecular weight excluding hydrogens is 335 g/mol. The molecule has 0 aliphatic carbocycles. The van der Waals surface area contributed by atoms with Gasteiger partial charge in [-0.2, -0.15) is 0 Å². The second-order valence-corrected chi connectivity index (χ2v) is 4.17. The first kappa shape index (κ1) is 12.9. The molecule has 0 atom stereocenters. The molecule has 16 heavy (non-hydrogen) atoms. The third-order valence-corrected chi connectivity index (χ3v) is 2.82. The van der Waals surface area contributed by atoms with Crippen LogP contribution >= 0.6 is 22.6 Å². The van der Waals surface area contributed by atoms with Crippen molar-refractivity contribution in [1.29, 1.82) is 0 Å². The normalized spacial score (nSPS) is 10.6. The second-order valence-electron chi connectivity index (χ2n) is 3.00. The van der Waals surface area contributed by atoms with Crippen LogP contribution in [0.5, 0.6) is 0 Å². The van der Waals surface area contributed by atoms with E-state index in [4.69, 9.17) is 0 Å². The Bertz CT molecular complexity index is 462. The molecule has 7 heteroatoms. The first-order valence-electron chi connectivity index (χ1n) is 4.11. The number of non-ortho nitro benzene ring substituents is 1. The maximum absolute atomic E-state index is 12.7. The Balaban J connectivity index is 3.52. The van der Waals surface area contributed by atoms with E-state index in [9.17, 15) is 23.7 Å². The van der Waals surface area contributed by atoms with Gasteiger partial charge in [0.25, 0.3) is 12.1 Å². The molecule has 0 amide bonds. The number of halogens is 3. The third kappa shape index (κ3) is 2.52. The molecule has 0 fully saturated rings. The average molecular weight is 341 g/mol. The van der Waals surface area contributed by atoms with Crippen LogP contribution in [0, 0.1) is 13.7 Å². The van der Waals surface area contributed by atoms with Gasteiger partial charge in [0.15, 0.2) is 5.78 Å². The van der Waals surface area contributed by atoms with Gasteiger partial charge in [-0.15, -0.1) is 0 Å². The van der Waals surface area contributed by atoms with E-state index in [2.05, 4.69) is 0 Å². The van der Waals surface area contributed by atoms with Gasteiger partial charge in [0.1, 0.15) is 0 Å². The molecule has 0 aliphatic heterocycles. The number of benzene rings is 1. The van der Waals surface area contributed by atoms with Gasteiger partial charge in [0.2, 0.25) is 0 Å². The molecule has 0 heterocycles. The van der Waals surface area contributed by atoms with Crippen LogP contribution in [0.2, 0.25) is 0 Å². The van der Waals surface area contributed by atoms with Gasteiger partial charge < -0.3 is 0 Å². The fraction of sp³-hybridized carbons (Fsp3) is 0.222. The lowest BCUT2D eigenvalue weighted by molar-refractivity contribution is -0.385. The lowest BCUT2D eigenvalue weighted by atomic mass is 10.0. The largest absolute Gasteiger partial charge is 0.294 e. The number of nitrogens with zero attached hydrogens (tertiary/aromatic N) is 1. The standard InChI is InChI=1S/C9H6F2INO3/c1-4(14)6-2-5(13(15)16)3-7(12)8(6)9(10)11/h2-3,9H,1H3. The molecule has 0 saturated heterocycles. The molecule has 0 N–H and O–H groups in total. The number of alkyl halides is 2. The molecule has 0 saturated carbocycles. The van der Waals surface area contributed by atoms with Crippen molar-refractivity contribution in [3.8, 4) is 0 Å². The topological polar surface area (TPSA) is 60.2 Å². The number of Topliss-reactive ketones (excluding diaryl/α,β-unsaturated/α-hetero) is 1. The first-order valence-corrected chi connectivity index (χ1v) is 5.19. The van der Waals surface area contributed by atoms with Crippen molar-refractivity contribution in [3.05, 3.63) is 36.9 Å². The Hall–Kier alpha value is -1.12. The zero-order valence-electron chi connectivity index (χ0n) is 8.04. The summed E-state index contributed by atoms with van der Waals surface area (Å²) in [6, 6.07) is 1.90. The highest BCUT2D eigenvalue weighted by Crippen LogP contribution is 2.31. The summed E-state index contributed by atoms with van der Waals surface area (Å²) >= 11 is 1.56. The van der Waals surface area contributed by atoms with Crippen LogP contribution in [0.4, 0.5) is 14.5 Å². The number of hydrogen-bond acceptors (Lipinski definition) is 3. The summed E-state index contributed by atoms with van der Waals surface area (Å²) < 4.78 is 25.3. The second kappa shape index (κ2) is 4.81. The molecule has 4 nitrogen and oxygen atoms in total. The number of carbonyl (C=O) groups excluding carboxylic acids is 1. The quantitative estimate of drug-likeness (QED) is 0.367. The molecule has 1 rings (SSSR count). The maximum atomic E-state index is 12.7. The Morgan fingerprint density at radius 2 is 2.06 bits per heavy atom. The number of rotatable bonds is 3. The summed E-state index contributed by atoms with van der Waals surface area (Å²) in [5.41, 5.74) is -1.11. The number of nitro groups is 1. The van der Waals surface area contributed by atoms with Crippen molar-refractivity contribution < 1.29 is 18.5 Å². The highest BCUT2D eigenvalue weighted by Gasteiger charge is 2.23. The zero-order valence-corrected chi connectivity index (χ0v) is 10.2. The molecule has 0 spiro atoms. The van der Waals surface area contributed by atoms with Crippen LogP contribution in [0.3, 0.4) is 0 Å².